The third-order valence-corrected chi connectivity index (χ3v) is 3.62. The molecule has 2 aromatic carbocycles. The maximum Gasteiger partial charge on any atom is 0.255 e. The normalized spacial score (nSPS) is 10.1. The molecule has 0 bridgehead atoms. The van der Waals surface area contributed by atoms with Gasteiger partial charge < -0.3 is 15.4 Å². The summed E-state index contributed by atoms with van der Waals surface area (Å²) in [6, 6.07) is 12.1. The Balaban J connectivity index is 1.85. The molecule has 0 aliphatic carbocycles. The number of methoxy groups -OCH3 is 1. The lowest BCUT2D eigenvalue weighted by molar-refractivity contribution is 0.0926. The molecular formula is C18H19ClN2O3. The molecule has 0 saturated carbocycles. The van der Waals surface area contributed by atoms with Crippen molar-refractivity contribution in [2.24, 2.45) is 0 Å². The van der Waals surface area contributed by atoms with E-state index in [2.05, 4.69) is 10.6 Å². The number of aryl methyl sites for hydroxylation is 1. The van der Waals surface area contributed by atoms with Gasteiger partial charge in [0.2, 0.25) is 0 Å². The number of nitrogens with one attached hydrogen (secondary N) is 2. The zero-order valence-electron chi connectivity index (χ0n) is 13.6. The molecule has 0 fully saturated rings. The van der Waals surface area contributed by atoms with Gasteiger partial charge in [-0.1, -0.05) is 29.3 Å². The third-order valence-electron chi connectivity index (χ3n) is 3.38. The zero-order valence-corrected chi connectivity index (χ0v) is 14.3. The first-order valence-corrected chi connectivity index (χ1v) is 7.85. The second kappa shape index (κ2) is 8.36. The highest BCUT2D eigenvalue weighted by atomic mass is 35.5. The van der Waals surface area contributed by atoms with Gasteiger partial charge in [0.25, 0.3) is 11.8 Å². The zero-order chi connectivity index (χ0) is 17.5. The topological polar surface area (TPSA) is 67.4 Å². The summed E-state index contributed by atoms with van der Waals surface area (Å²) >= 11 is 5.91. The summed E-state index contributed by atoms with van der Waals surface area (Å²) in [5, 5.41) is 5.94. The predicted molar refractivity (Wildman–Crippen MR) is 93.8 cm³/mol. The second-order valence-electron chi connectivity index (χ2n) is 5.23. The van der Waals surface area contributed by atoms with Gasteiger partial charge in [-0.3, -0.25) is 9.59 Å². The van der Waals surface area contributed by atoms with E-state index in [1.807, 2.05) is 25.1 Å². The van der Waals surface area contributed by atoms with E-state index in [9.17, 15) is 9.59 Å². The lowest BCUT2D eigenvalue weighted by Crippen LogP contribution is -2.34. The summed E-state index contributed by atoms with van der Waals surface area (Å²) in [5.41, 5.74) is 1.97. The predicted octanol–water partition coefficient (Wildman–Crippen LogP) is 2.82. The van der Waals surface area contributed by atoms with Crippen molar-refractivity contribution >= 4 is 23.4 Å². The van der Waals surface area contributed by atoms with E-state index in [1.54, 1.807) is 24.3 Å². The van der Waals surface area contributed by atoms with E-state index < -0.39 is 0 Å². The summed E-state index contributed by atoms with van der Waals surface area (Å²) in [6.45, 7) is 2.54. The van der Waals surface area contributed by atoms with Crippen LogP contribution in [0.25, 0.3) is 0 Å². The minimum atomic E-state index is -0.306. The SMILES string of the molecule is COc1ccc(Cl)cc1C(=O)NCCNC(=O)c1cccc(C)c1. The smallest absolute Gasteiger partial charge is 0.255 e. The van der Waals surface area contributed by atoms with Crippen molar-refractivity contribution in [3.63, 3.8) is 0 Å². The van der Waals surface area contributed by atoms with Gasteiger partial charge in [-0.15, -0.1) is 0 Å². The van der Waals surface area contributed by atoms with Crippen LogP contribution >= 0.6 is 11.6 Å². The van der Waals surface area contributed by atoms with Crippen LogP contribution in [0, 0.1) is 6.92 Å². The first-order chi connectivity index (χ1) is 11.5. The fourth-order valence-electron chi connectivity index (χ4n) is 2.19. The molecule has 0 radical (unpaired) electrons. The van der Waals surface area contributed by atoms with Crippen molar-refractivity contribution < 1.29 is 14.3 Å². The molecule has 0 unspecified atom stereocenters. The molecule has 2 rings (SSSR count). The molecule has 0 saturated heterocycles. The summed E-state index contributed by atoms with van der Waals surface area (Å²) in [7, 11) is 1.49. The van der Waals surface area contributed by atoms with Gasteiger partial charge in [0, 0.05) is 23.7 Å². The molecular weight excluding hydrogens is 328 g/mol. The highest BCUT2D eigenvalue weighted by Crippen LogP contribution is 2.22. The van der Waals surface area contributed by atoms with Crippen molar-refractivity contribution in [2.45, 2.75) is 6.92 Å². The van der Waals surface area contributed by atoms with Gasteiger partial charge in [0.15, 0.2) is 0 Å². The lowest BCUT2D eigenvalue weighted by atomic mass is 10.1. The van der Waals surface area contributed by atoms with Crippen LogP contribution < -0.4 is 15.4 Å². The molecule has 2 N–H and O–H groups in total. The minimum absolute atomic E-state index is 0.173. The van der Waals surface area contributed by atoms with E-state index in [0.717, 1.165) is 5.56 Å². The Morgan fingerprint density at radius 3 is 2.42 bits per heavy atom. The average molecular weight is 347 g/mol. The fourth-order valence-corrected chi connectivity index (χ4v) is 2.37. The second-order valence-corrected chi connectivity index (χ2v) is 5.66. The summed E-state index contributed by atoms with van der Waals surface area (Å²) in [4.78, 5) is 24.2. The summed E-state index contributed by atoms with van der Waals surface area (Å²) in [6.07, 6.45) is 0. The van der Waals surface area contributed by atoms with Crippen molar-refractivity contribution in [3.8, 4) is 5.75 Å². The molecule has 2 amide bonds. The molecule has 0 aromatic heterocycles. The van der Waals surface area contributed by atoms with Crippen molar-refractivity contribution in [1.29, 1.82) is 0 Å². The maximum atomic E-state index is 12.2. The monoisotopic (exact) mass is 346 g/mol. The summed E-state index contributed by atoms with van der Waals surface area (Å²) in [5.74, 6) is -0.0341. The Bertz CT molecular complexity index is 747. The van der Waals surface area contributed by atoms with Gasteiger partial charge in [0.05, 0.1) is 12.7 Å². The molecule has 24 heavy (non-hydrogen) atoms. The van der Waals surface area contributed by atoms with Crippen LogP contribution in [0.1, 0.15) is 26.3 Å². The molecule has 2 aromatic rings. The number of carbonyl (C=O) groups excluding carboxylic acids is 2. The number of carbonyl (C=O) groups is 2. The standard InChI is InChI=1S/C18H19ClN2O3/c1-12-4-3-5-13(10-12)17(22)20-8-9-21-18(23)15-11-14(19)6-7-16(15)24-2/h3-7,10-11H,8-9H2,1-2H3,(H,20,22)(H,21,23). The van der Waals surface area contributed by atoms with Crippen LogP contribution in [0.3, 0.4) is 0 Å². The largest absolute Gasteiger partial charge is 0.496 e. The van der Waals surface area contributed by atoms with Gasteiger partial charge in [-0.05, 0) is 37.3 Å². The highest BCUT2D eigenvalue weighted by Gasteiger charge is 2.12. The minimum Gasteiger partial charge on any atom is -0.496 e. The van der Waals surface area contributed by atoms with Gasteiger partial charge in [-0.2, -0.15) is 0 Å². The Labute approximate surface area is 146 Å². The summed E-state index contributed by atoms with van der Waals surface area (Å²) < 4.78 is 5.15. The van der Waals surface area contributed by atoms with Crippen molar-refractivity contribution in [1.82, 2.24) is 10.6 Å². The van der Waals surface area contributed by atoms with Crippen LogP contribution in [0.4, 0.5) is 0 Å². The van der Waals surface area contributed by atoms with E-state index in [-0.39, 0.29) is 11.8 Å². The van der Waals surface area contributed by atoms with Crippen LogP contribution in [-0.2, 0) is 0 Å². The molecule has 0 spiro atoms. The molecule has 0 aliphatic heterocycles. The highest BCUT2D eigenvalue weighted by molar-refractivity contribution is 6.31. The van der Waals surface area contributed by atoms with E-state index in [0.29, 0.717) is 35.0 Å². The van der Waals surface area contributed by atoms with Crippen LogP contribution in [0.15, 0.2) is 42.5 Å². The molecule has 0 atom stereocenters. The fraction of sp³-hybridized carbons (Fsp3) is 0.222. The van der Waals surface area contributed by atoms with Crippen molar-refractivity contribution in [3.05, 3.63) is 64.2 Å². The number of amides is 2. The number of ether oxygens (including phenoxy) is 1. The Hall–Kier alpha value is -2.53. The molecule has 0 aliphatic rings. The third kappa shape index (κ3) is 4.73. The Morgan fingerprint density at radius 1 is 1.04 bits per heavy atom. The lowest BCUT2D eigenvalue weighted by Gasteiger charge is -2.10. The Morgan fingerprint density at radius 2 is 1.75 bits per heavy atom. The molecule has 0 heterocycles. The quantitative estimate of drug-likeness (QED) is 0.790. The maximum absolute atomic E-state index is 12.2. The van der Waals surface area contributed by atoms with Gasteiger partial charge >= 0.3 is 0 Å². The van der Waals surface area contributed by atoms with E-state index >= 15 is 0 Å². The van der Waals surface area contributed by atoms with Crippen LogP contribution in [0.5, 0.6) is 5.75 Å². The number of benzene rings is 2. The van der Waals surface area contributed by atoms with Gasteiger partial charge in [0.1, 0.15) is 5.75 Å². The average Bonchev–Trinajstić information content (AvgIpc) is 2.58. The number of hydrogen-bond donors (Lipinski definition) is 2. The van der Waals surface area contributed by atoms with Crippen LogP contribution in [-0.4, -0.2) is 32.0 Å². The number of hydrogen-bond acceptors (Lipinski definition) is 3. The molecule has 6 heteroatoms. The number of halogens is 1. The van der Waals surface area contributed by atoms with Gasteiger partial charge in [-0.25, -0.2) is 0 Å². The first kappa shape index (κ1) is 17.8. The molecule has 5 nitrogen and oxygen atoms in total. The molecule has 126 valence electrons. The van der Waals surface area contributed by atoms with Crippen molar-refractivity contribution in [2.75, 3.05) is 20.2 Å². The van der Waals surface area contributed by atoms with E-state index in [4.69, 9.17) is 16.3 Å². The Kier molecular flexibility index (Phi) is 6.21. The number of rotatable bonds is 6. The first-order valence-electron chi connectivity index (χ1n) is 7.48. The van der Waals surface area contributed by atoms with Crippen LogP contribution in [0.2, 0.25) is 5.02 Å². The van der Waals surface area contributed by atoms with E-state index in [1.165, 1.54) is 7.11 Å².